The molecule has 7 nitrogen and oxygen atoms in total. The molecule has 1 aromatic rings. The summed E-state index contributed by atoms with van der Waals surface area (Å²) in [5, 5.41) is 10.2. The summed E-state index contributed by atoms with van der Waals surface area (Å²) in [4.78, 5) is 14.4. The van der Waals surface area contributed by atoms with Crippen molar-refractivity contribution in [3.63, 3.8) is 0 Å². The fourth-order valence-electron chi connectivity index (χ4n) is 4.80. The number of carbonyl (C=O) groups excluding carboxylic acids is 1. The minimum absolute atomic E-state index is 0.130. The van der Waals surface area contributed by atoms with E-state index in [1.165, 1.54) is 17.0 Å². The topological polar surface area (TPSA) is 87.2 Å². The second-order valence-electron chi connectivity index (χ2n) is 8.62. The first-order chi connectivity index (χ1) is 14.3. The average molecular weight is 457 g/mol. The Hall–Kier alpha value is -1.35. The van der Waals surface area contributed by atoms with Crippen LogP contribution in [0.15, 0.2) is 29.2 Å². The van der Waals surface area contributed by atoms with Gasteiger partial charge in [0.05, 0.1) is 17.0 Å². The molecule has 30 heavy (non-hydrogen) atoms. The molecule has 0 bridgehead atoms. The summed E-state index contributed by atoms with van der Waals surface area (Å²) in [7, 11) is -3.77. The number of piperidine rings is 1. The van der Waals surface area contributed by atoms with E-state index in [-0.39, 0.29) is 23.5 Å². The maximum Gasteiger partial charge on any atom is 0.410 e. The van der Waals surface area contributed by atoms with Crippen LogP contribution in [0.25, 0.3) is 0 Å². The molecule has 1 N–H and O–H groups in total. The normalized spacial score (nSPS) is 29.0. The van der Waals surface area contributed by atoms with Crippen LogP contribution in [0.1, 0.15) is 51.9 Å². The predicted molar refractivity (Wildman–Crippen MR) is 113 cm³/mol. The SMILES string of the molecule is CC[C@@H]1CCC[C@H](C2(OC(=O)N3CC[C@@H](O)C3)CC2)N1S(=O)(=O)c1ccc(Cl)cc1. The zero-order valence-electron chi connectivity index (χ0n) is 17.2. The van der Waals surface area contributed by atoms with E-state index in [0.29, 0.717) is 43.7 Å². The molecule has 1 amide bonds. The lowest BCUT2D eigenvalue weighted by atomic mass is 9.92. The molecule has 0 unspecified atom stereocenters. The van der Waals surface area contributed by atoms with Crippen molar-refractivity contribution in [3.8, 4) is 0 Å². The van der Waals surface area contributed by atoms with Crippen molar-refractivity contribution in [2.45, 2.75) is 80.6 Å². The highest BCUT2D eigenvalue weighted by atomic mass is 35.5. The number of amides is 1. The summed E-state index contributed by atoms with van der Waals surface area (Å²) in [6.45, 7) is 2.73. The molecule has 0 aromatic heterocycles. The van der Waals surface area contributed by atoms with Crippen molar-refractivity contribution >= 4 is 27.7 Å². The Bertz CT molecular complexity index is 887. The number of rotatable bonds is 5. The number of carbonyl (C=O) groups is 1. The van der Waals surface area contributed by atoms with Gasteiger partial charge in [0.25, 0.3) is 0 Å². The van der Waals surface area contributed by atoms with E-state index < -0.39 is 27.8 Å². The van der Waals surface area contributed by atoms with Crippen LogP contribution < -0.4 is 0 Å². The van der Waals surface area contributed by atoms with Crippen LogP contribution in [0, 0.1) is 0 Å². The molecule has 0 radical (unpaired) electrons. The van der Waals surface area contributed by atoms with Crippen LogP contribution in [-0.4, -0.2) is 65.7 Å². The standard InChI is InChI=1S/C21H29ClN2O5S/c1-2-16-4-3-5-19(24(16)30(27,28)18-8-6-15(22)7-9-18)21(11-12-21)29-20(26)23-13-10-17(25)14-23/h6-9,16-17,19,25H,2-5,10-14H2,1H3/t16-,17-,19-/m1/s1. The third kappa shape index (κ3) is 4.07. The number of benzene rings is 1. The first kappa shape index (κ1) is 21.9. The van der Waals surface area contributed by atoms with E-state index in [0.717, 1.165) is 12.8 Å². The summed E-state index contributed by atoms with van der Waals surface area (Å²) >= 11 is 5.96. The Kier molecular flexibility index (Phi) is 6.05. The first-order valence-corrected chi connectivity index (χ1v) is 12.5. The Labute approximate surface area is 183 Å². The van der Waals surface area contributed by atoms with Crippen LogP contribution in [0.4, 0.5) is 4.79 Å². The highest BCUT2D eigenvalue weighted by molar-refractivity contribution is 7.89. The molecule has 2 aliphatic heterocycles. The highest BCUT2D eigenvalue weighted by Crippen LogP contribution is 2.50. The molecule has 1 aromatic carbocycles. The molecule has 166 valence electrons. The fraction of sp³-hybridized carbons (Fsp3) is 0.667. The maximum atomic E-state index is 13.6. The molecule has 3 aliphatic rings. The molecule has 4 rings (SSSR count). The predicted octanol–water partition coefficient (Wildman–Crippen LogP) is 3.40. The van der Waals surface area contributed by atoms with E-state index >= 15 is 0 Å². The molecule has 3 atom stereocenters. The molecule has 3 fully saturated rings. The fourth-order valence-corrected chi connectivity index (χ4v) is 6.93. The average Bonchev–Trinajstić information content (AvgIpc) is 3.38. The number of ether oxygens (including phenoxy) is 1. The van der Waals surface area contributed by atoms with Crippen LogP contribution in [-0.2, 0) is 14.8 Å². The van der Waals surface area contributed by atoms with Gasteiger partial charge in [-0.2, -0.15) is 4.31 Å². The number of likely N-dealkylation sites (tertiary alicyclic amines) is 1. The lowest BCUT2D eigenvalue weighted by Gasteiger charge is -2.44. The zero-order valence-corrected chi connectivity index (χ0v) is 18.7. The van der Waals surface area contributed by atoms with Gasteiger partial charge in [-0.1, -0.05) is 24.9 Å². The molecular formula is C21H29ClN2O5S. The van der Waals surface area contributed by atoms with Crippen LogP contribution in [0.5, 0.6) is 0 Å². The molecule has 2 heterocycles. The summed E-state index contributed by atoms with van der Waals surface area (Å²) in [5.74, 6) is 0. The largest absolute Gasteiger partial charge is 0.441 e. The molecule has 1 aliphatic carbocycles. The van der Waals surface area contributed by atoms with Gasteiger partial charge in [-0.15, -0.1) is 0 Å². The number of sulfonamides is 1. The molecule has 9 heteroatoms. The van der Waals surface area contributed by atoms with Gasteiger partial charge in [0.2, 0.25) is 10.0 Å². The smallest absolute Gasteiger partial charge is 0.410 e. The van der Waals surface area contributed by atoms with Crippen LogP contribution in [0.2, 0.25) is 5.02 Å². The molecular weight excluding hydrogens is 428 g/mol. The monoisotopic (exact) mass is 456 g/mol. The lowest BCUT2D eigenvalue weighted by molar-refractivity contribution is -0.00722. The first-order valence-electron chi connectivity index (χ1n) is 10.7. The van der Waals surface area contributed by atoms with Gasteiger partial charge in [-0.25, -0.2) is 13.2 Å². The number of aliphatic hydroxyl groups excluding tert-OH is 1. The number of hydrogen-bond donors (Lipinski definition) is 1. The molecule has 0 spiro atoms. The van der Waals surface area contributed by atoms with Crippen molar-refractivity contribution in [3.05, 3.63) is 29.3 Å². The summed E-state index contributed by atoms with van der Waals surface area (Å²) in [6, 6.07) is 5.72. The quantitative estimate of drug-likeness (QED) is 0.733. The summed E-state index contributed by atoms with van der Waals surface area (Å²) in [6.07, 6.45) is 3.94. The Morgan fingerprint density at radius 3 is 2.50 bits per heavy atom. The van der Waals surface area contributed by atoms with Crippen molar-refractivity contribution in [2.75, 3.05) is 13.1 Å². The van der Waals surface area contributed by atoms with Crippen LogP contribution >= 0.6 is 11.6 Å². The third-order valence-corrected chi connectivity index (χ3v) is 8.83. The minimum atomic E-state index is -3.77. The van der Waals surface area contributed by atoms with Crippen molar-refractivity contribution in [1.29, 1.82) is 0 Å². The lowest BCUT2D eigenvalue weighted by Crippen LogP contribution is -2.56. The number of halogens is 1. The van der Waals surface area contributed by atoms with E-state index in [1.807, 2.05) is 6.92 Å². The maximum absolute atomic E-state index is 13.6. The van der Waals surface area contributed by atoms with E-state index in [2.05, 4.69) is 0 Å². The van der Waals surface area contributed by atoms with E-state index in [9.17, 15) is 18.3 Å². The zero-order chi connectivity index (χ0) is 21.5. The van der Waals surface area contributed by atoms with Gasteiger partial charge in [-0.3, -0.25) is 0 Å². The Morgan fingerprint density at radius 2 is 1.93 bits per heavy atom. The number of hydrogen-bond acceptors (Lipinski definition) is 5. The minimum Gasteiger partial charge on any atom is -0.441 e. The van der Waals surface area contributed by atoms with E-state index in [4.69, 9.17) is 16.3 Å². The van der Waals surface area contributed by atoms with Gasteiger partial charge in [0.15, 0.2) is 0 Å². The van der Waals surface area contributed by atoms with Crippen molar-refractivity contribution in [2.24, 2.45) is 0 Å². The van der Waals surface area contributed by atoms with Gasteiger partial charge in [-0.05, 0) is 62.8 Å². The van der Waals surface area contributed by atoms with E-state index in [1.54, 1.807) is 16.4 Å². The van der Waals surface area contributed by atoms with Gasteiger partial charge in [0, 0.05) is 24.2 Å². The molecule has 2 saturated heterocycles. The highest BCUT2D eigenvalue weighted by Gasteiger charge is 2.59. The van der Waals surface area contributed by atoms with Crippen molar-refractivity contribution in [1.82, 2.24) is 9.21 Å². The third-order valence-electron chi connectivity index (χ3n) is 6.60. The second-order valence-corrected chi connectivity index (χ2v) is 10.9. The van der Waals surface area contributed by atoms with Gasteiger partial charge < -0.3 is 14.7 Å². The second kappa shape index (κ2) is 8.30. The number of nitrogens with zero attached hydrogens (tertiary/aromatic N) is 2. The van der Waals surface area contributed by atoms with Gasteiger partial charge in [0.1, 0.15) is 5.60 Å². The van der Waals surface area contributed by atoms with Gasteiger partial charge >= 0.3 is 6.09 Å². The number of β-amino-alcohol motifs (C(OH)–C–C–N with tert-alkyl or cyclic N) is 1. The summed E-state index contributed by atoms with van der Waals surface area (Å²) < 4.78 is 34.8. The van der Waals surface area contributed by atoms with Crippen LogP contribution in [0.3, 0.4) is 0 Å². The Morgan fingerprint density at radius 1 is 1.23 bits per heavy atom. The Balaban J connectivity index is 1.62. The van der Waals surface area contributed by atoms with Crippen molar-refractivity contribution < 1.29 is 23.1 Å². The summed E-state index contributed by atoms with van der Waals surface area (Å²) in [5.41, 5.74) is -0.780. The molecule has 1 saturated carbocycles. The number of aliphatic hydroxyl groups is 1.